The second-order valence-corrected chi connectivity index (χ2v) is 5.52. The lowest BCUT2D eigenvalue weighted by Gasteiger charge is -2.35. The Morgan fingerprint density at radius 2 is 1.85 bits per heavy atom. The van der Waals surface area contributed by atoms with Gasteiger partial charge in [-0.05, 0) is 26.2 Å². The molecule has 1 aliphatic heterocycles. The predicted octanol–water partition coefficient (Wildman–Crippen LogP) is 0.588. The molecule has 0 unspecified atom stereocenters. The van der Waals surface area contributed by atoms with Crippen LogP contribution < -0.4 is 5.73 Å². The molecule has 2 N–H and O–H groups in total. The van der Waals surface area contributed by atoms with Crippen LogP contribution in [-0.4, -0.2) is 74.0 Å². The Bertz CT molecular complexity index is 453. The fraction of sp³-hybridized carbons (Fsp3) is 0.533. The Labute approximate surface area is 120 Å². The number of benzene rings is 1. The highest BCUT2D eigenvalue weighted by atomic mass is 16.2. The molecular formula is C15H24N4O. The number of nitrogens with two attached hydrogens (primary N) is 1. The molecule has 0 aromatic heterocycles. The first kappa shape index (κ1) is 14.8. The monoisotopic (exact) mass is 276 g/mol. The Morgan fingerprint density at radius 1 is 1.20 bits per heavy atom. The van der Waals surface area contributed by atoms with Crippen LogP contribution in [0, 0.1) is 0 Å². The lowest BCUT2D eigenvalue weighted by atomic mass is 10.1. The van der Waals surface area contributed by atoms with E-state index in [-0.39, 0.29) is 5.91 Å². The summed E-state index contributed by atoms with van der Waals surface area (Å²) < 4.78 is 0. The van der Waals surface area contributed by atoms with E-state index in [1.807, 2.05) is 17.0 Å². The fourth-order valence-electron chi connectivity index (χ4n) is 2.38. The Hall–Kier alpha value is -1.59. The van der Waals surface area contributed by atoms with Crippen LogP contribution >= 0.6 is 0 Å². The third-order valence-electron chi connectivity index (χ3n) is 3.71. The zero-order valence-electron chi connectivity index (χ0n) is 12.4. The minimum Gasteiger partial charge on any atom is -0.398 e. The molecular weight excluding hydrogens is 252 g/mol. The molecule has 5 heteroatoms. The van der Waals surface area contributed by atoms with E-state index in [1.54, 1.807) is 12.1 Å². The van der Waals surface area contributed by atoms with Crippen LogP contribution in [-0.2, 0) is 0 Å². The summed E-state index contributed by atoms with van der Waals surface area (Å²) in [6.45, 7) is 5.54. The van der Waals surface area contributed by atoms with Gasteiger partial charge in [-0.2, -0.15) is 0 Å². The molecule has 1 fully saturated rings. The standard InChI is InChI=1S/C15H24N4O/c1-17(2)7-8-18-9-11-19(12-10-18)15(20)13-5-3-4-6-14(13)16/h3-6H,7-12,16H2,1-2H3. The molecule has 1 aromatic rings. The van der Waals surface area contributed by atoms with Crippen LogP contribution in [0.3, 0.4) is 0 Å². The molecule has 5 nitrogen and oxygen atoms in total. The van der Waals surface area contributed by atoms with Gasteiger partial charge in [-0.15, -0.1) is 0 Å². The van der Waals surface area contributed by atoms with Crippen molar-refractivity contribution in [3.05, 3.63) is 29.8 Å². The Kier molecular flexibility index (Phi) is 4.98. The maximum Gasteiger partial charge on any atom is 0.256 e. The topological polar surface area (TPSA) is 52.8 Å². The second-order valence-electron chi connectivity index (χ2n) is 5.52. The van der Waals surface area contributed by atoms with E-state index in [0.717, 1.165) is 39.3 Å². The summed E-state index contributed by atoms with van der Waals surface area (Å²) in [5, 5.41) is 0. The van der Waals surface area contributed by atoms with Crippen molar-refractivity contribution in [2.24, 2.45) is 0 Å². The molecule has 1 aromatic carbocycles. The van der Waals surface area contributed by atoms with Gasteiger partial charge in [-0.3, -0.25) is 9.69 Å². The van der Waals surface area contributed by atoms with E-state index >= 15 is 0 Å². The van der Waals surface area contributed by atoms with Gasteiger partial charge in [0, 0.05) is 45.0 Å². The average molecular weight is 276 g/mol. The van der Waals surface area contributed by atoms with Crippen molar-refractivity contribution >= 4 is 11.6 Å². The first-order valence-electron chi connectivity index (χ1n) is 7.09. The summed E-state index contributed by atoms with van der Waals surface area (Å²) >= 11 is 0. The van der Waals surface area contributed by atoms with Crippen LogP contribution in [0.1, 0.15) is 10.4 Å². The molecule has 0 bridgehead atoms. The summed E-state index contributed by atoms with van der Waals surface area (Å²) in [5.74, 6) is 0.0513. The zero-order valence-corrected chi connectivity index (χ0v) is 12.4. The fourth-order valence-corrected chi connectivity index (χ4v) is 2.38. The van der Waals surface area contributed by atoms with E-state index in [9.17, 15) is 4.79 Å². The van der Waals surface area contributed by atoms with Gasteiger partial charge in [0.25, 0.3) is 5.91 Å². The summed E-state index contributed by atoms with van der Waals surface area (Å²) in [4.78, 5) is 18.9. The highest BCUT2D eigenvalue weighted by molar-refractivity contribution is 5.99. The van der Waals surface area contributed by atoms with Gasteiger partial charge in [0.2, 0.25) is 0 Å². The molecule has 110 valence electrons. The number of piperazine rings is 1. The van der Waals surface area contributed by atoms with Crippen molar-refractivity contribution in [3.8, 4) is 0 Å². The van der Waals surface area contributed by atoms with Crippen molar-refractivity contribution in [2.75, 3.05) is 59.1 Å². The number of anilines is 1. The lowest BCUT2D eigenvalue weighted by Crippen LogP contribution is -2.50. The summed E-state index contributed by atoms with van der Waals surface area (Å²) in [7, 11) is 4.16. The number of nitrogens with zero attached hydrogens (tertiary/aromatic N) is 3. The van der Waals surface area contributed by atoms with Gasteiger partial charge in [-0.1, -0.05) is 12.1 Å². The minimum atomic E-state index is 0.0513. The van der Waals surface area contributed by atoms with Gasteiger partial charge in [0.1, 0.15) is 0 Å². The first-order chi connectivity index (χ1) is 9.58. The normalized spacial score (nSPS) is 16.6. The molecule has 1 saturated heterocycles. The molecule has 0 radical (unpaired) electrons. The number of para-hydroxylation sites is 1. The number of hydrogen-bond acceptors (Lipinski definition) is 4. The minimum absolute atomic E-state index is 0.0513. The maximum absolute atomic E-state index is 12.4. The van der Waals surface area contributed by atoms with Crippen molar-refractivity contribution in [1.82, 2.24) is 14.7 Å². The predicted molar refractivity (Wildman–Crippen MR) is 81.8 cm³/mol. The summed E-state index contributed by atoms with van der Waals surface area (Å²) in [6.07, 6.45) is 0. The molecule has 20 heavy (non-hydrogen) atoms. The van der Waals surface area contributed by atoms with E-state index in [2.05, 4.69) is 23.9 Å². The summed E-state index contributed by atoms with van der Waals surface area (Å²) in [5.41, 5.74) is 7.06. The van der Waals surface area contributed by atoms with Crippen LogP contribution in [0.5, 0.6) is 0 Å². The number of carbonyl (C=O) groups is 1. The Balaban J connectivity index is 1.88. The highest BCUT2D eigenvalue weighted by Crippen LogP contribution is 2.14. The molecule has 0 saturated carbocycles. The molecule has 0 spiro atoms. The summed E-state index contributed by atoms with van der Waals surface area (Å²) in [6, 6.07) is 7.29. The van der Waals surface area contributed by atoms with Crippen LogP contribution in [0.25, 0.3) is 0 Å². The number of likely N-dealkylation sites (N-methyl/N-ethyl adjacent to an activating group) is 1. The van der Waals surface area contributed by atoms with E-state index in [0.29, 0.717) is 11.3 Å². The SMILES string of the molecule is CN(C)CCN1CCN(C(=O)c2ccccc2N)CC1. The van der Waals surface area contributed by atoms with Crippen LogP contribution in [0.2, 0.25) is 0 Å². The molecule has 0 atom stereocenters. The van der Waals surface area contributed by atoms with Crippen molar-refractivity contribution < 1.29 is 4.79 Å². The van der Waals surface area contributed by atoms with E-state index in [4.69, 9.17) is 5.73 Å². The maximum atomic E-state index is 12.4. The van der Waals surface area contributed by atoms with E-state index < -0.39 is 0 Å². The Morgan fingerprint density at radius 3 is 2.45 bits per heavy atom. The highest BCUT2D eigenvalue weighted by Gasteiger charge is 2.22. The van der Waals surface area contributed by atoms with Crippen molar-refractivity contribution in [3.63, 3.8) is 0 Å². The molecule has 1 aliphatic rings. The first-order valence-corrected chi connectivity index (χ1v) is 7.09. The van der Waals surface area contributed by atoms with Crippen molar-refractivity contribution in [1.29, 1.82) is 0 Å². The van der Waals surface area contributed by atoms with Gasteiger partial charge in [-0.25, -0.2) is 0 Å². The third kappa shape index (κ3) is 3.71. The van der Waals surface area contributed by atoms with Crippen molar-refractivity contribution in [2.45, 2.75) is 0 Å². The van der Waals surface area contributed by atoms with Crippen LogP contribution in [0.15, 0.2) is 24.3 Å². The largest absolute Gasteiger partial charge is 0.398 e. The van der Waals surface area contributed by atoms with Gasteiger partial charge in [0.05, 0.1) is 5.56 Å². The smallest absolute Gasteiger partial charge is 0.256 e. The van der Waals surface area contributed by atoms with Gasteiger partial charge < -0.3 is 15.5 Å². The van der Waals surface area contributed by atoms with Gasteiger partial charge in [0.15, 0.2) is 0 Å². The van der Waals surface area contributed by atoms with Gasteiger partial charge >= 0.3 is 0 Å². The second kappa shape index (κ2) is 6.72. The van der Waals surface area contributed by atoms with Crippen LogP contribution in [0.4, 0.5) is 5.69 Å². The average Bonchev–Trinajstić information content (AvgIpc) is 2.45. The molecule has 2 rings (SSSR count). The number of rotatable bonds is 4. The molecule has 0 aliphatic carbocycles. The van der Waals surface area contributed by atoms with E-state index in [1.165, 1.54) is 0 Å². The quantitative estimate of drug-likeness (QED) is 0.818. The molecule has 1 amide bonds. The lowest BCUT2D eigenvalue weighted by molar-refractivity contribution is 0.0631. The molecule has 1 heterocycles. The number of hydrogen-bond donors (Lipinski definition) is 1. The third-order valence-corrected chi connectivity index (χ3v) is 3.71. The number of nitrogen functional groups attached to an aromatic ring is 1. The zero-order chi connectivity index (χ0) is 14.5. The number of amides is 1. The number of carbonyl (C=O) groups excluding carboxylic acids is 1.